The smallest absolute Gasteiger partial charge is 0.249 e. The molecule has 1 aliphatic carbocycles. The predicted molar refractivity (Wildman–Crippen MR) is 102 cm³/mol. The van der Waals surface area contributed by atoms with E-state index in [1.54, 1.807) is 12.3 Å². The second-order valence-electron chi connectivity index (χ2n) is 6.34. The van der Waals surface area contributed by atoms with Crippen molar-refractivity contribution in [3.05, 3.63) is 47.6 Å². The van der Waals surface area contributed by atoms with Crippen LogP contribution in [0.1, 0.15) is 18.7 Å². The van der Waals surface area contributed by atoms with Crippen LogP contribution in [-0.4, -0.2) is 42.4 Å². The minimum Gasteiger partial charge on any atom is -0.419 e. The summed E-state index contributed by atoms with van der Waals surface area (Å²) in [7, 11) is 1.91. The van der Waals surface area contributed by atoms with Crippen LogP contribution in [0.25, 0.3) is 11.5 Å². The number of rotatable bonds is 7. The first kappa shape index (κ1) is 18.1. The third-order valence-electron chi connectivity index (χ3n) is 4.29. The van der Waals surface area contributed by atoms with E-state index < -0.39 is 0 Å². The van der Waals surface area contributed by atoms with Gasteiger partial charge in [-0.05, 0) is 25.0 Å². The van der Waals surface area contributed by atoms with Crippen molar-refractivity contribution in [1.29, 1.82) is 0 Å². The largest absolute Gasteiger partial charge is 0.419 e. The molecule has 0 radical (unpaired) electrons. The number of aryl methyl sites for hydroxylation is 1. The summed E-state index contributed by atoms with van der Waals surface area (Å²) in [4.78, 5) is 18.8. The van der Waals surface area contributed by atoms with Crippen LogP contribution in [0.5, 0.6) is 0 Å². The van der Waals surface area contributed by atoms with Gasteiger partial charge in [0.05, 0.1) is 22.9 Å². The van der Waals surface area contributed by atoms with E-state index in [1.165, 1.54) is 11.8 Å². The maximum absolute atomic E-state index is 12.7. The van der Waals surface area contributed by atoms with Crippen molar-refractivity contribution in [3.8, 4) is 11.5 Å². The molecule has 1 aromatic carbocycles. The zero-order valence-electron chi connectivity index (χ0n) is 14.7. The monoisotopic (exact) mass is 403 g/mol. The van der Waals surface area contributed by atoms with Crippen LogP contribution >= 0.6 is 23.4 Å². The number of benzene rings is 1. The molecule has 0 N–H and O–H groups in total. The maximum Gasteiger partial charge on any atom is 0.249 e. The summed E-state index contributed by atoms with van der Waals surface area (Å²) in [5.41, 5.74) is 0.688. The van der Waals surface area contributed by atoms with Crippen molar-refractivity contribution in [1.82, 2.24) is 24.6 Å². The number of nitrogens with zero attached hydrogens (tertiary/aromatic N) is 5. The van der Waals surface area contributed by atoms with Crippen molar-refractivity contribution in [2.75, 3.05) is 5.75 Å². The Morgan fingerprint density at radius 2 is 2.19 bits per heavy atom. The Labute approximate surface area is 165 Å². The molecule has 1 saturated carbocycles. The highest BCUT2D eigenvalue weighted by atomic mass is 35.5. The highest BCUT2D eigenvalue weighted by Crippen LogP contribution is 2.31. The Morgan fingerprint density at radius 1 is 1.37 bits per heavy atom. The van der Waals surface area contributed by atoms with Crippen LogP contribution in [0.4, 0.5) is 0 Å². The molecule has 2 aromatic heterocycles. The molecule has 3 aromatic rings. The zero-order chi connectivity index (χ0) is 18.8. The van der Waals surface area contributed by atoms with Gasteiger partial charge in [-0.15, -0.1) is 10.2 Å². The lowest BCUT2D eigenvalue weighted by Gasteiger charge is -2.20. The van der Waals surface area contributed by atoms with Gasteiger partial charge in [0.1, 0.15) is 0 Å². The lowest BCUT2D eigenvalue weighted by molar-refractivity contribution is -0.129. The summed E-state index contributed by atoms with van der Waals surface area (Å²) in [5, 5.41) is 9.55. The molecule has 1 amide bonds. The number of hydrogen-bond acceptors (Lipinski definition) is 6. The highest BCUT2D eigenvalue weighted by Gasteiger charge is 2.33. The Hall–Kier alpha value is -2.32. The second kappa shape index (κ2) is 7.74. The third kappa shape index (κ3) is 4.17. The molecular formula is C18H18ClN5O2S. The van der Waals surface area contributed by atoms with E-state index in [0.717, 1.165) is 18.0 Å². The summed E-state index contributed by atoms with van der Waals surface area (Å²) < 4.78 is 7.65. The van der Waals surface area contributed by atoms with E-state index in [9.17, 15) is 4.79 Å². The fourth-order valence-electron chi connectivity index (χ4n) is 2.71. The molecule has 2 heterocycles. The molecule has 140 valence electrons. The van der Waals surface area contributed by atoms with E-state index in [4.69, 9.17) is 16.0 Å². The number of carbonyl (C=O) groups excluding carboxylic acids is 1. The van der Waals surface area contributed by atoms with Gasteiger partial charge in [0.25, 0.3) is 0 Å². The molecular weight excluding hydrogens is 386 g/mol. The molecule has 1 fully saturated rings. The van der Waals surface area contributed by atoms with Crippen LogP contribution in [0, 0.1) is 0 Å². The van der Waals surface area contributed by atoms with E-state index in [-0.39, 0.29) is 11.9 Å². The van der Waals surface area contributed by atoms with E-state index in [1.807, 2.05) is 40.9 Å². The molecule has 9 heteroatoms. The van der Waals surface area contributed by atoms with Gasteiger partial charge in [-0.1, -0.05) is 35.5 Å². The zero-order valence-corrected chi connectivity index (χ0v) is 16.3. The first-order chi connectivity index (χ1) is 13.1. The average molecular weight is 404 g/mol. The summed E-state index contributed by atoms with van der Waals surface area (Å²) >= 11 is 7.61. The molecule has 27 heavy (non-hydrogen) atoms. The fraction of sp³-hybridized carbons (Fsp3) is 0.333. The molecule has 0 spiro atoms. The second-order valence-corrected chi connectivity index (χ2v) is 7.69. The summed E-state index contributed by atoms with van der Waals surface area (Å²) in [6, 6.07) is 7.55. The average Bonchev–Trinajstić information content (AvgIpc) is 3.26. The van der Waals surface area contributed by atoms with E-state index >= 15 is 0 Å². The van der Waals surface area contributed by atoms with E-state index in [2.05, 4.69) is 15.2 Å². The number of imidazole rings is 1. The van der Waals surface area contributed by atoms with Crippen molar-refractivity contribution in [3.63, 3.8) is 0 Å². The number of hydrogen-bond donors (Lipinski definition) is 0. The number of aromatic nitrogens is 4. The Kier molecular flexibility index (Phi) is 5.18. The van der Waals surface area contributed by atoms with Gasteiger partial charge < -0.3 is 13.9 Å². The van der Waals surface area contributed by atoms with Gasteiger partial charge in [-0.25, -0.2) is 4.98 Å². The number of amides is 1. The Bertz CT molecular complexity index is 953. The minimum absolute atomic E-state index is 0.0444. The maximum atomic E-state index is 12.7. The lowest BCUT2D eigenvalue weighted by Crippen LogP contribution is -2.34. The minimum atomic E-state index is 0.0444. The lowest BCUT2D eigenvalue weighted by atomic mass is 10.2. The Morgan fingerprint density at radius 3 is 2.89 bits per heavy atom. The molecule has 0 atom stereocenters. The summed E-state index contributed by atoms with van der Waals surface area (Å²) in [6.45, 7) is 0.308. The van der Waals surface area contributed by atoms with Crippen LogP contribution in [0.15, 0.2) is 46.2 Å². The molecule has 7 nitrogen and oxygen atoms in total. The van der Waals surface area contributed by atoms with Gasteiger partial charge in [0.2, 0.25) is 17.7 Å². The normalized spacial score (nSPS) is 13.7. The summed E-state index contributed by atoms with van der Waals surface area (Å²) in [6.07, 6.45) is 5.59. The quantitative estimate of drug-likeness (QED) is 0.562. The number of thioether (sulfide) groups is 1. The van der Waals surface area contributed by atoms with Crippen LogP contribution in [-0.2, 0) is 18.4 Å². The van der Waals surface area contributed by atoms with Crippen molar-refractivity contribution < 1.29 is 9.21 Å². The molecule has 0 bridgehead atoms. The first-order valence-electron chi connectivity index (χ1n) is 8.58. The molecule has 0 aliphatic heterocycles. The SMILES string of the molecule is Cn1ccnc1SCC(=O)N(Cc1nnc(-c2ccccc2Cl)o1)C1CC1. The fourth-order valence-corrected chi connectivity index (χ4v) is 3.75. The summed E-state index contributed by atoms with van der Waals surface area (Å²) in [5.74, 6) is 1.14. The first-order valence-corrected chi connectivity index (χ1v) is 9.95. The third-order valence-corrected chi connectivity index (χ3v) is 5.66. The number of halogens is 1. The number of carbonyl (C=O) groups is 1. The van der Waals surface area contributed by atoms with Crippen molar-refractivity contribution >= 4 is 29.3 Å². The van der Waals surface area contributed by atoms with E-state index in [0.29, 0.717) is 34.7 Å². The molecule has 4 rings (SSSR count). The van der Waals surface area contributed by atoms with Crippen molar-refractivity contribution in [2.45, 2.75) is 30.6 Å². The molecule has 1 aliphatic rings. The molecule has 0 unspecified atom stereocenters. The van der Waals surface area contributed by atoms with Gasteiger partial charge in [0.15, 0.2) is 5.16 Å². The van der Waals surface area contributed by atoms with Gasteiger partial charge in [0, 0.05) is 25.5 Å². The van der Waals surface area contributed by atoms with Crippen LogP contribution in [0.2, 0.25) is 5.02 Å². The van der Waals surface area contributed by atoms with Gasteiger partial charge >= 0.3 is 0 Å². The molecule has 0 saturated heterocycles. The standard InChI is InChI=1S/C18H18ClN5O2S/c1-23-9-8-20-18(23)27-11-16(25)24(12-6-7-12)10-15-21-22-17(26-15)13-4-2-3-5-14(13)19/h2-5,8-9,12H,6-7,10-11H2,1H3. The van der Waals surface area contributed by atoms with Crippen molar-refractivity contribution in [2.24, 2.45) is 7.05 Å². The van der Waals surface area contributed by atoms with Crippen LogP contribution in [0.3, 0.4) is 0 Å². The Balaban J connectivity index is 1.44. The van der Waals surface area contributed by atoms with Gasteiger partial charge in [-0.2, -0.15) is 0 Å². The predicted octanol–water partition coefficient (Wildman–Crippen LogP) is 3.41. The van der Waals surface area contributed by atoms with Crippen LogP contribution < -0.4 is 0 Å². The van der Waals surface area contributed by atoms with Gasteiger partial charge in [-0.3, -0.25) is 4.79 Å². The highest BCUT2D eigenvalue weighted by molar-refractivity contribution is 7.99. The topological polar surface area (TPSA) is 77.1 Å².